The number of hydrogen-bond donors (Lipinski definition) is 1. The van der Waals surface area contributed by atoms with Crippen LogP contribution < -0.4 is 10.5 Å². The van der Waals surface area contributed by atoms with Gasteiger partial charge in [0.25, 0.3) is 0 Å². The highest BCUT2D eigenvalue weighted by atomic mass is 32.1. The van der Waals surface area contributed by atoms with E-state index >= 15 is 0 Å². The second-order valence-corrected chi connectivity index (χ2v) is 5.17. The van der Waals surface area contributed by atoms with E-state index < -0.39 is 0 Å². The zero-order chi connectivity index (χ0) is 13.8. The number of rotatable bonds is 5. The molecule has 0 radical (unpaired) electrons. The standard InChI is InChI=1S/C14H17FN2OS/c1-3-5-10(16)14-17-11(8-19-14)13-9(15)6-4-7-12(13)18-2/h4,6-8,10H,3,5,16H2,1-2H3. The Bertz CT molecular complexity index is 556. The molecular weight excluding hydrogens is 263 g/mol. The first-order valence-corrected chi connectivity index (χ1v) is 7.09. The van der Waals surface area contributed by atoms with Gasteiger partial charge in [-0.15, -0.1) is 11.3 Å². The third kappa shape index (κ3) is 2.93. The Labute approximate surface area is 116 Å². The van der Waals surface area contributed by atoms with E-state index in [1.807, 2.05) is 5.38 Å². The lowest BCUT2D eigenvalue weighted by molar-refractivity contribution is 0.413. The SMILES string of the molecule is CCCC(N)c1nc(-c2c(F)cccc2OC)cs1. The highest BCUT2D eigenvalue weighted by molar-refractivity contribution is 7.10. The van der Waals surface area contributed by atoms with Crippen LogP contribution in [0.2, 0.25) is 0 Å². The van der Waals surface area contributed by atoms with Crippen LogP contribution in [0.15, 0.2) is 23.6 Å². The van der Waals surface area contributed by atoms with Crippen LogP contribution in [0.5, 0.6) is 5.75 Å². The van der Waals surface area contributed by atoms with Crippen LogP contribution in [0.25, 0.3) is 11.3 Å². The summed E-state index contributed by atoms with van der Waals surface area (Å²) in [6.07, 6.45) is 1.88. The molecule has 0 amide bonds. The van der Waals surface area contributed by atoms with Crippen molar-refractivity contribution in [1.82, 2.24) is 4.98 Å². The maximum atomic E-state index is 13.9. The molecule has 102 valence electrons. The van der Waals surface area contributed by atoms with Gasteiger partial charge in [-0.25, -0.2) is 9.37 Å². The molecule has 19 heavy (non-hydrogen) atoms. The Kier molecular flexibility index (Phi) is 4.50. The maximum absolute atomic E-state index is 13.9. The van der Waals surface area contributed by atoms with Crippen molar-refractivity contribution in [2.75, 3.05) is 7.11 Å². The molecule has 5 heteroatoms. The second-order valence-electron chi connectivity index (χ2n) is 4.28. The van der Waals surface area contributed by atoms with E-state index in [1.54, 1.807) is 12.1 Å². The minimum absolute atomic E-state index is 0.0819. The van der Waals surface area contributed by atoms with Crippen LogP contribution in [-0.2, 0) is 0 Å². The van der Waals surface area contributed by atoms with Gasteiger partial charge in [0.1, 0.15) is 16.6 Å². The smallest absolute Gasteiger partial charge is 0.136 e. The summed E-state index contributed by atoms with van der Waals surface area (Å²) >= 11 is 1.46. The van der Waals surface area contributed by atoms with Crippen LogP contribution >= 0.6 is 11.3 Å². The number of nitrogens with zero attached hydrogens (tertiary/aromatic N) is 1. The van der Waals surface area contributed by atoms with Gasteiger partial charge < -0.3 is 10.5 Å². The zero-order valence-corrected chi connectivity index (χ0v) is 11.8. The molecule has 1 heterocycles. The van der Waals surface area contributed by atoms with Crippen molar-refractivity contribution in [2.24, 2.45) is 5.73 Å². The normalized spacial score (nSPS) is 12.4. The number of hydrogen-bond acceptors (Lipinski definition) is 4. The molecule has 0 saturated carbocycles. The number of halogens is 1. The number of ether oxygens (including phenoxy) is 1. The molecule has 1 atom stereocenters. The van der Waals surface area contributed by atoms with E-state index in [0.29, 0.717) is 17.0 Å². The Morgan fingerprint density at radius 2 is 2.26 bits per heavy atom. The Morgan fingerprint density at radius 3 is 2.95 bits per heavy atom. The summed E-state index contributed by atoms with van der Waals surface area (Å²) in [4.78, 5) is 4.44. The molecule has 0 spiro atoms. The molecule has 2 N–H and O–H groups in total. The summed E-state index contributed by atoms with van der Waals surface area (Å²) in [7, 11) is 1.52. The third-order valence-corrected chi connectivity index (χ3v) is 3.87. The molecule has 2 aromatic rings. The molecular formula is C14H17FN2OS. The minimum atomic E-state index is -0.333. The predicted molar refractivity (Wildman–Crippen MR) is 75.9 cm³/mol. The fourth-order valence-corrected chi connectivity index (χ4v) is 2.78. The number of thiazole rings is 1. The van der Waals surface area contributed by atoms with E-state index in [2.05, 4.69) is 11.9 Å². The van der Waals surface area contributed by atoms with E-state index in [0.717, 1.165) is 17.8 Å². The summed E-state index contributed by atoms with van der Waals surface area (Å²) < 4.78 is 19.1. The molecule has 0 aliphatic rings. The van der Waals surface area contributed by atoms with Crippen molar-refractivity contribution in [3.8, 4) is 17.0 Å². The Balaban J connectivity index is 2.38. The van der Waals surface area contributed by atoms with Gasteiger partial charge in [0.15, 0.2) is 0 Å². The number of nitrogens with two attached hydrogens (primary N) is 1. The Morgan fingerprint density at radius 1 is 1.47 bits per heavy atom. The van der Waals surface area contributed by atoms with Crippen LogP contribution in [0, 0.1) is 5.82 Å². The van der Waals surface area contributed by atoms with Crippen LogP contribution in [0.1, 0.15) is 30.8 Å². The molecule has 1 aromatic carbocycles. The van der Waals surface area contributed by atoms with Gasteiger partial charge >= 0.3 is 0 Å². The van der Waals surface area contributed by atoms with Crippen LogP contribution in [0.4, 0.5) is 4.39 Å². The molecule has 3 nitrogen and oxygen atoms in total. The molecule has 2 rings (SSSR count). The lowest BCUT2D eigenvalue weighted by Crippen LogP contribution is -2.09. The van der Waals surface area contributed by atoms with Gasteiger partial charge in [-0.1, -0.05) is 19.4 Å². The maximum Gasteiger partial charge on any atom is 0.136 e. The molecule has 1 unspecified atom stereocenters. The van der Waals surface area contributed by atoms with Gasteiger partial charge in [-0.05, 0) is 18.6 Å². The summed E-state index contributed by atoms with van der Waals surface area (Å²) in [5, 5.41) is 2.66. The van der Waals surface area contributed by atoms with Crippen molar-refractivity contribution < 1.29 is 9.13 Å². The van der Waals surface area contributed by atoms with E-state index in [9.17, 15) is 4.39 Å². The second kappa shape index (κ2) is 6.12. The van der Waals surface area contributed by atoms with E-state index in [1.165, 1.54) is 24.5 Å². The molecule has 0 aliphatic carbocycles. The largest absolute Gasteiger partial charge is 0.496 e. The van der Waals surface area contributed by atoms with Gasteiger partial charge in [0.2, 0.25) is 0 Å². The molecule has 0 bridgehead atoms. The van der Waals surface area contributed by atoms with Crippen molar-refractivity contribution in [1.29, 1.82) is 0 Å². The van der Waals surface area contributed by atoms with E-state index in [-0.39, 0.29) is 11.9 Å². The van der Waals surface area contributed by atoms with Gasteiger partial charge in [-0.3, -0.25) is 0 Å². The first-order chi connectivity index (χ1) is 9.17. The lowest BCUT2D eigenvalue weighted by atomic mass is 10.1. The lowest BCUT2D eigenvalue weighted by Gasteiger charge is -2.08. The molecule has 0 saturated heterocycles. The first kappa shape index (κ1) is 14.0. The van der Waals surface area contributed by atoms with Crippen molar-refractivity contribution in [3.63, 3.8) is 0 Å². The highest BCUT2D eigenvalue weighted by Crippen LogP contribution is 2.34. The van der Waals surface area contributed by atoms with Gasteiger partial charge in [0.05, 0.1) is 24.4 Å². The monoisotopic (exact) mass is 280 g/mol. The zero-order valence-electron chi connectivity index (χ0n) is 11.0. The minimum Gasteiger partial charge on any atom is -0.496 e. The highest BCUT2D eigenvalue weighted by Gasteiger charge is 2.17. The quantitative estimate of drug-likeness (QED) is 0.907. The summed E-state index contributed by atoms with van der Waals surface area (Å²) in [5.41, 5.74) is 7.01. The average molecular weight is 280 g/mol. The topological polar surface area (TPSA) is 48.1 Å². The van der Waals surface area contributed by atoms with Gasteiger partial charge in [0, 0.05) is 5.38 Å². The summed E-state index contributed by atoms with van der Waals surface area (Å²) in [5.74, 6) is 0.154. The molecule has 0 aliphatic heterocycles. The van der Waals surface area contributed by atoms with E-state index in [4.69, 9.17) is 10.5 Å². The molecule has 0 fully saturated rings. The van der Waals surface area contributed by atoms with Gasteiger partial charge in [-0.2, -0.15) is 0 Å². The van der Waals surface area contributed by atoms with Crippen molar-refractivity contribution in [3.05, 3.63) is 34.4 Å². The summed E-state index contributed by atoms with van der Waals surface area (Å²) in [6.45, 7) is 2.08. The summed E-state index contributed by atoms with van der Waals surface area (Å²) in [6, 6.07) is 4.67. The van der Waals surface area contributed by atoms with Crippen molar-refractivity contribution in [2.45, 2.75) is 25.8 Å². The predicted octanol–water partition coefficient (Wildman–Crippen LogP) is 3.76. The van der Waals surface area contributed by atoms with Crippen LogP contribution in [-0.4, -0.2) is 12.1 Å². The fraction of sp³-hybridized carbons (Fsp3) is 0.357. The number of benzene rings is 1. The number of methoxy groups -OCH3 is 1. The van der Waals surface area contributed by atoms with Crippen LogP contribution in [0.3, 0.4) is 0 Å². The average Bonchev–Trinajstić information content (AvgIpc) is 2.88. The van der Waals surface area contributed by atoms with Crippen molar-refractivity contribution >= 4 is 11.3 Å². The fourth-order valence-electron chi connectivity index (χ4n) is 1.93. The number of aromatic nitrogens is 1. The first-order valence-electron chi connectivity index (χ1n) is 6.21. The third-order valence-electron chi connectivity index (χ3n) is 2.89. The molecule has 1 aromatic heterocycles. The Hall–Kier alpha value is -1.46.